The Morgan fingerprint density at radius 3 is 2.54 bits per heavy atom. The summed E-state index contributed by atoms with van der Waals surface area (Å²) in [4.78, 5) is 17.1. The number of nitrogens with zero attached hydrogens (tertiary/aromatic N) is 3. The van der Waals surface area contributed by atoms with Crippen LogP contribution in [0, 0.1) is 0 Å². The molecule has 4 rings (SSSR count). The molecule has 0 N–H and O–H groups in total. The van der Waals surface area contributed by atoms with E-state index in [-0.39, 0.29) is 11.0 Å². The van der Waals surface area contributed by atoms with Crippen LogP contribution in [-0.2, 0) is 16.7 Å². The number of aromatic nitrogens is 3. The van der Waals surface area contributed by atoms with Crippen LogP contribution in [0.25, 0.3) is 22.8 Å². The number of hydrogen-bond acceptors (Lipinski definition) is 6. The number of hydrogen-bond donors (Lipinski definition) is 0. The molecule has 0 aliphatic rings. The van der Waals surface area contributed by atoms with Gasteiger partial charge in [-0.05, 0) is 47.9 Å². The summed E-state index contributed by atoms with van der Waals surface area (Å²) in [5.41, 5.74) is 3.48. The van der Waals surface area contributed by atoms with Crippen LogP contribution in [0.1, 0.15) is 38.3 Å². The largest absolute Gasteiger partial charge is 0.494 e. The second kappa shape index (κ2) is 10.7. The fraction of sp³-hybridized carbons (Fsp3) is 0.321. The van der Waals surface area contributed by atoms with Gasteiger partial charge in [0, 0.05) is 35.9 Å². The molecule has 2 aromatic heterocycles. The lowest BCUT2D eigenvalue weighted by molar-refractivity contribution is 0.146. The quantitative estimate of drug-likeness (QED) is 0.310. The Bertz CT molecular complexity index is 1320. The van der Waals surface area contributed by atoms with Crippen molar-refractivity contribution in [1.29, 1.82) is 0 Å². The van der Waals surface area contributed by atoms with Crippen LogP contribution >= 0.6 is 0 Å². The van der Waals surface area contributed by atoms with Crippen molar-refractivity contribution in [2.45, 2.75) is 39.2 Å². The van der Waals surface area contributed by atoms with Crippen LogP contribution in [0.4, 0.5) is 0 Å². The zero-order valence-electron chi connectivity index (χ0n) is 20.7. The maximum absolute atomic E-state index is 12.5. The van der Waals surface area contributed by atoms with E-state index in [1.54, 1.807) is 23.9 Å². The summed E-state index contributed by atoms with van der Waals surface area (Å²) in [5, 5.41) is 4.15. The highest BCUT2D eigenvalue weighted by atomic mass is 16.5. The van der Waals surface area contributed by atoms with Crippen molar-refractivity contribution >= 4 is 0 Å². The minimum absolute atomic E-state index is 0.0946. The Morgan fingerprint density at radius 1 is 1.03 bits per heavy atom. The summed E-state index contributed by atoms with van der Waals surface area (Å²) in [7, 11) is 1.71. The molecule has 182 valence electrons. The monoisotopic (exact) mass is 473 g/mol. The van der Waals surface area contributed by atoms with Gasteiger partial charge in [0.1, 0.15) is 5.75 Å². The van der Waals surface area contributed by atoms with E-state index < -0.39 is 0 Å². The van der Waals surface area contributed by atoms with Gasteiger partial charge in [-0.1, -0.05) is 50.2 Å². The Hall–Kier alpha value is -3.71. The zero-order valence-corrected chi connectivity index (χ0v) is 20.7. The molecule has 0 spiro atoms. The van der Waals surface area contributed by atoms with E-state index in [9.17, 15) is 4.79 Å². The summed E-state index contributed by atoms with van der Waals surface area (Å²) < 4.78 is 18.2. The molecule has 2 aromatic carbocycles. The number of methoxy groups -OCH3 is 1. The van der Waals surface area contributed by atoms with E-state index in [4.69, 9.17) is 14.0 Å². The van der Waals surface area contributed by atoms with Crippen molar-refractivity contribution in [2.24, 2.45) is 0 Å². The Balaban J connectivity index is 1.54. The first kappa shape index (κ1) is 24.4. The van der Waals surface area contributed by atoms with Gasteiger partial charge in [0.25, 0.3) is 11.4 Å². The molecule has 2 heterocycles. The van der Waals surface area contributed by atoms with E-state index >= 15 is 0 Å². The predicted molar refractivity (Wildman–Crippen MR) is 136 cm³/mol. The van der Waals surface area contributed by atoms with E-state index in [0.29, 0.717) is 37.0 Å². The predicted octanol–water partition coefficient (Wildman–Crippen LogP) is 5.33. The average molecular weight is 474 g/mol. The Morgan fingerprint density at radius 2 is 1.80 bits per heavy atom. The number of ether oxygens (including phenoxy) is 2. The van der Waals surface area contributed by atoms with Crippen molar-refractivity contribution < 1.29 is 14.0 Å². The molecule has 0 amide bonds. The molecule has 0 unspecified atom stereocenters. The third kappa shape index (κ3) is 5.87. The fourth-order valence-electron chi connectivity index (χ4n) is 3.90. The molecule has 0 atom stereocenters. The average Bonchev–Trinajstić information content (AvgIpc) is 3.35. The molecular weight excluding hydrogens is 442 g/mol. The van der Waals surface area contributed by atoms with E-state index in [2.05, 4.69) is 43.0 Å². The molecule has 0 aliphatic carbocycles. The van der Waals surface area contributed by atoms with Gasteiger partial charge in [-0.2, -0.15) is 4.98 Å². The first-order valence-electron chi connectivity index (χ1n) is 11.8. The van der Waals surface area contributed by atoms with Gasteiger partial charge in [-0.15, -0.1) is 0 Å². The molecule has 0 radical (unpaired) electrons. The van der Waals surface area contributed by atoms with Crippen molar-refractivity contribution in [3.63, 3.8) is 0 Å². The molecule has 0 aliphatic heterocycles. The topological polar surface area (TPSA) is 79.4 Å². The number of pyridine rings is 1. The van der Waals surface area contributed by atoms with Crippen molar-refractivity contribution in [3.05, 3.63) is 88.3 Å². The van der Waals surface area contributed by atoms with E-state index in [1.807, 2.05) is 36.4 Å². The highest BCUT2D eigenvalue weighted by molar-refractivity contribution is 5.59. The second-order valence-corrected chi connectivity index (χ2v) is 9.20. The van der Waals surface area contributed by atoms with Gasteiger partial charge in [-0.3, -0.25) is 4.79 Å². The minimum atomic E-state index is -0.105. The second-order valence-electron chi connectivity index (χ2n) is 9.20. The Kier molecular flexibility index (Phi) is 7.46. The summed E-state index contributed by atoms with van der Waals surface area (Å²) >= 11 is 0. The summed E-state index contributed by atoms with van der Waals surface area (Å²) in [6.07, 6.45) is 2.70. The molecule has 35 heavy (non-hydrogen) atoms. The fourth-order valence-corrected chi connectivity index (χ4v) is 3.90. The molecule has 7 heteroatoms. The number of benzene rings is 2. The maximum atomic E-state index is 12.5. The van der Waals surface area contributed by atoms with Crippen LogP contribution in [-0.4, -0.2) is 35.0 Å². The Labute approximate surface area is 205 Å². The van der Waals surface area contributed by atoms with Gasteiger partial charge < -0.3 is 18.6 Å². The van der Waals surface area contributed by atoms with Gasteiger partial charge in [-0.25, -0.2) is 0 Å². The molecular formula is C28H31N3O4. The SMILES string of the molecule is CCCOc1cccc(Cn2cc(-c3noc(-c4ccc(C(C)(C)COC)cc4)n3)ccc2=O)c1. The highest BCUT2D eigenvalue weighted by Crippen LogP contribution is 2.27. The smallest absolute Gasteiger partial charge is 0.258 e. The molecule has 4 aromatic rings. The minimum Gasteiger partial charge on any atom is -0.494 e. The van der Waals surface area contributed by atoms with Crippen LogP contribution < -0.4 is 10.3 Å². The first-order valence-corrected chi connectivity index (χ1v) is 11.8. The zero-order chi connectivity index (χ0) is 24.8. The van der Waals surface area contributed by atoms with Crippen LogP contribution in [0.2, 0.25) is 0 Å². The van der Waals surface area contributed by atoms with Crippen LogP contribution in [0.15, 0.2) is 76.2 Å². The summed E-state index contributed by atoms with van der Waals surface area (Å²) in [5.74, 6) is 1.65. The lowest BCUT2D eigenvalue weighted by Crippen LogP contribution is -2.23. The third-order valence-corrected chi connectivity index (χ3v) is 5.81. The molecule has 0 bridgehead atoms. The number of rotatable bonds is 10. The standard InChI is InChI=1S/C28H31N3O4/c1-5-15-34-24-8-6-7-20(16-24)17-31-18-22(11-14-25(31)32)26-29-27(35-30-26)21-9-12-23(13-10-21)28(2,3)19-33-4/h6-14,16,18H,5,15,17,19H2,1-4H3. The van der Waals surface area contributed by atoms with Gasteiger partial charge in [0.2, 0.25) is 5.82 Å². The van der Waals surface area contributed by atoms with Gasteiger partial charge >= 0.3 is 0 Å². The summed E-state index contributed by atoms with van der Waals surface area (Å²) in [6.45, 7) is 8.05. The normalized spacial score (nSPS) is 11.5. The van der Waals surface area contributed by atoms with Crippen molar-refractivity contribution in [2.75, 3.05) is 20.3 Å². The third-order valence-electron chi connectivity index (χ3n) is 5.81. The van der Waals surface area contributed by atoms with Crippen LogP contribution in [0.3, 0.4) is 0 Å². The van der Waals surface area contributed by atoms with Crippen LogP contribution in [0.5, 0.6) is 5.75 Å². The van der Waals surface area contributed by atoms with Crippen molar-refractivity contribution in [1.82, 2.24) is 14.7 Å². The lowest BCUT2D eigenvalue weighted by Gasteiger charge is -2.24. The van der Waals surface area contributed by atoms with E-state index in [0.717, 1.165) is 23.3 Å². The van der Waals surface area contributed by atoms with Crippen molar-refractivity contribution in [3.8, 4) is 28.6 Å². The molecule has 0 saturated heterocycles. The maximum Gasteiger partial charge on any atom is 0.258 e. The molecule has 0 fully saturated rings. The van der Waals surface area contributed by atoms with Gasteiger partial charge in [0.05, 0.1) is 19.8 Å². The first-order chi connectivity index (χ1) is 16.9. The lowest BCUT2D eigenvalue weighted by atomic mass is 9.85. The molecule has 7 nitrogen and oxygen atoms in total. The van der Waals surface area contributed by atoms with E-state index in [1.165, 1.54) is 11.6 Å². The summed E-state index contributed by atoms with van der Waals surface area (Å²) in [6, 6.07) is 19.1. The highest BCUT2D eigenvalue weighted by Gasteiger charge is 2.21. The van der Waals surface area contributed by atoms with Gasteiger partial charge in [0.15, 0.2) is 0 Å². The molecule has 0 saturated carbocycles.